The molecule has 1 heterocycles. The second kappa shape index (κ2) is 6.43. The minimum atomic E-state index is -0.651. The monoisotopic (exact) mass is 293 g/mol. The van der Waals surface area contributed by atoms with Crippen LogP contribution in [0.4, 0.5) is 5.69 Å². The maximum absolute atomic E-state index is 12.0. The Labute approximate surface area is 122 Å². The first-order chi connectivity index (χ1) is 9.67. The van der Waals surface area contributed by atoms with Crippen LogP contribution >= 0.6 is 11.6 Å². The van der Waals surface area contributed by atoms with E-state index in [1.165, 1.54) is 7.11 Å². The van der Waals surface area contributed by atoms with Gasteiger partial charge in [-0.1, -0.05) is 23.7 Å². The number of hydrogen-bond donors (Lipinski definition) is 1. The number of nitrogens with zero attached hydrogens (tertiary/aromatic N) is 2. The highest BCUT2D eigenvalue weighted by Gasteiger charge is 2.25. The van der Waals surface area contributed by atoms with Crippen LogP contribution in [-0.2, 0) is 16.1 Å². The number of carbonyl (C=O) groups is 1. The lowest BCUT2D eigenvalue weighted by Crippen LogP contribution is -2.25. The van der Waals surface area contributed by atoms with Gasteiger partial charge >= 0.3 is 5.97 Å². The standard InChI is InChI=1S/C14H16ClN3O2/c1-3-18-9-16-8-12(18)13(14(19)20-2)17-11-7-5-4-6-10(11)15/h4-9,13,17H,3H2,1-2H3. The summed E-state index contributed by atoms with van der Waals surface area (Å²) in [6, 6.07) is 6.60. The minimum absolute atomic E-state index is 0.389. The van der Waals surface area contributed by atoms with Crippen molar-refractivity contribution in [2.45, 2.75) is 19.5 Å². The van der Waals surface area contributed by atoms with Crippen LogP contribution < -0.4 is 5.32 Å². The summed E-state index contributed by atoms with van der Waals surface area (Å²) in [5.41, 5.74) is 1.41. The van der Waals surface area contributed by atoms with Gasteiger partial charge in [0.05, 0.1) is 36.0 Å². The third-order valence-corrected chi connectivity index (χ3v) is 3.32. The fourth-order valence-electron chi connectivity index (χ4n) is 1.94. The van der Waals surface area contributed by atoms with Gasteiger partial charge in [0, 0.05) is 6.54 Å². The molecule has 0 radical (unpaired) electrons. The predicted octanol–water partition coefficient (Wildman–Crippen LogP) is 2.88. The minimum Gasteiger partial charge on any atom is -0.467 e. The van der Waals surface area contributed by atoms with Crippen LogP contribution in [0, 0.1) is 0 Å². The summed E-state index contributed by atoms with van der Waals surface area (Å²) in [4.78, 5) is 16.1. The van der Waals surface area contributed by atoms with Gasteiger partial charge in [-0.3, -0.25) is 0 Å². The highest BCUT2D eigenvalue weighted by molar-refractivity contribution is 6.33. The van der Waals surface area contributed by atoms with E-state index in [1.807, 2.05) is 29.7 Å². The van der Waals surface area contributed by atoms with Gasteiger partial charge < -0.3 is 14.6 Å². The normalized spacial score (nSPS) is 11.9. The molecule has 5 nitrogen and oxygen atoms in total. The van der Waals surface area contributed by atoms with Crippen LogP contribution in [0.15, 0.2) is 36.8 Å². The van der Waals surface area contributed by atoms with Gasteiger partial charge in [-0.25, -0.2) is 9.78 Å². The number of carbonyl (C=O) groups excluding carboxylic acids is 1. The first kappa shape index (κ1) is 14.4. The predicted molar refractivity (Wildman–Crippen MR) is 77.7 cm³/mol. The quantitative estimate of drug-likeness (QED) is 0.861. The lowest BCUT2D eigenvalue weighted by Gasteiger charge is -2.19. The van der Waals surface area contributed by atoms with Gasteiger partial charge in [0.2, 0.25) is 0 Å². The molecule has 106 valence electrons. The topological polar surface area (TPSA) is 56.2 Å². The van der Waals surface area contributed by atoms with Crippen molar-refractivity contribution in [3.05, 3.63) is 47.5 Å². The third-order valence-electron chi connectivity index (χ3n) is 2.99. The number of benzene rings is 1. The molecule has 0 aliphatic heterocycles. The molecule has 1 atom stereocenters. The lowest BCUT2D eigenvalue weighted by molar-refractivity contribution is -0.141. The second-order valence-electron chi connectivity index (χ2n) is 4.18. The van der Waals surface area contributed by atoms with E-state index in [0.29, 0.717) is 17.3 Å². The van der Waals surface area contributed by atoms with Gasteiger partial charge in [-0.15, -0.1) is 0 Å². The third kappa shape index (κ3) is 2.93. The second-order valence-corrected chi connectivity index (χ2v) is 4.59. The van der Waals surface area contributed by atoms with Crippen LogP contribution in [0.3, 0.4) is 0 Å². The Balaban J connectivity index is 2.34. The average Bonchev–Trinajstić information content (AvgIpc) is 2.93. The van der Waals surface area contributed by atoms with Crippen molar-refractivity contribution < 1.29 is 9.53 Å². The molecule has 6 heteroatoms. The van der Waals surface area contributed by atoms with Crippen molar-refractivity contribution in [1.29, 1.82) is 0 Å². The van der Waals surface area contributed by atoms with Crippen molar-refractivity contribution in [2.24, 2.45) is 0 Å². The average molecular weight is 294 g/mol. The maximum Gasteiger partial charge on any atom is 0.334 e. The summed E-state index contributed by atoms with van der Waals surface area (Å²) < 4.78 is 6.74. The van der Waals surface area contributed by atoms with E-state index < -0.39 is 6.04 Å². The Morgan fingerprint density at radius 2 is 2.25 bits per heavy atom. The molecule has 1 unspecified atom stereocenters. The summed E-state index contributed by atoms with van der Waals surface area (Å²) in [6.07, 6.45) is 3.33. The zero-order valence-electron chi connectivity index (χ0n) is 11.3. The number of halogens is 1. The van der Waals surface area contributed by atoms with E-state index in [4.69, 9.17) is 16.3 Å². The van der Waals surface area contributed by atoms with E-state index in [1.54, 1.807) is 18.6 Å². The highest BCUT2D eigenvalue weighted by Crippen LogP contribution is 2.26. The molecule has 0 saturated heterocycles. The van der Waals surface area contributed by atoms with Crippen LogP contribution in [0.5, 0.6) is 0 Å². The molecular weight excluding hydrogens is 278 g/mol. The van der Waals surface area contributed by atoms with Crippen LogP contribution in [-0.4, -0.2) is 22.6 Å². The number of methoxy groups -OCH3 is 1. The Morgan fingerprint density at radius 3 is 2.90 bits per heavy atom. The van der Waals surface area contributed by atoms with E-state index >= 15 is 0 Å². The molecule has 0 bridgehead atoms. The Morgan fingerprint density at radius 1 is 1.50 bits per heavy atom. The molecule has 0 aliphatic rings. The van der Waals surface area contributed by atoms with Gasteiger partial charge in [-0.2, -0.15) is 0 Å². The largest absolute Gasteiger partial charge is 0.467 e. The fraction of sp³-hybridized carbons (Fsp3) is 0.286. The van der Waals surface area contributed by atoms with E-state index in [9.17, 15) is 4.79 Å². The zero-order valence-corrected chi connectivity index (χ0v) is 12.1. The molecule has 0 amide bonds. The number of esters is 1. The summed E-state index contributed by atoms with van der Waals surface area (Å²) in [7, 11) is 1.36. The van der Waals surface area contributed by atoms with Crippen molar-refractivity contribution in [2.75, 3.05) is 12.4 Å². The maximum atomic E-state index is 12.0. The molecular formula is C14H16ClN3O2. The molecule has 2 aromatic rings. The highest BCUT2D eigenvalue weighted by atomic mass is 35.5. The fourth-order valence-corrected chi connectivity index (χ4v) is 2.13. The Hall–Kier alpha value is -2.01. The van der Waals surface area contributed by atoms with Gasteiger partial charge in [-0.05, 0) is 19.1 Å². The number of anilines is 1. The van der Waals surface area contributed by atoms with Crippen molar-refractivity contribution in [3.63, 3.8) is 0 Å². The van der Waals surface area contributed by atoms with Gasteiger partial charge in [0.25, 0.3) is 0 Å². The van der Waals surface area contributed by atoms with Crippen LogP contribution in [0.1, 0.15) is 18.7 Å². The SMILES string of the molecule is CCn1cncc1C(Nc1ccccc1Cl)C(=O)OC. The van der Waals surface area contributed by atoms with Crippen LogP contribution in [0.25, 0.3) is 0 Å². The molecule has 1 N–H and O–H groups in total. The number of hydrogen-bond acceptors (Lipinski definition) is 4. The van der Waals surface area contributed by atoms with Crippen LogP contribution in [0.2, 0.25) is 5.02 Å². The first-order valence-electron chi connectivity index (χ1n) is 6.26. The van der Waals surface area contributed by atoms with E-state index in [2.05, 4.69) is 10.3 Å². The number of para-hydroxylation sites is 1. The van der Waals surface area contributed by atoms with Gasteiger partial charge in [0.1, 0.15) is 0 Å². The summed E-state index contributed by atoms with van der Waals surface area (Å²) in [5, 5.41) is 3.65. The lowest BCUT2D eigenvalue weighted by atomic mass is 10.2. The van der Waals surface area contributed by atoms with Crippen molar-refractivity contribution in [3.8, 4) is 0 Å². The number of imidazole rings is 1. The molecule has 0 aliphatic carbocycles. The summed E-state index contributed by atoms with van der Waals surface area (Å²) in [6.45, 7) is 2.70. The first-order valence-corrected chi connectivity index (χ1v) is 6.64. The number of aromatic nitrogens is 2. The number of rotatable bonds is 5. The Bertz CT molecular complexity index is 598. The summed E-state index contributed by atoms with van der Waals surface area (Å²) in [5.74, 6) is -0.389. The van der Waals surface area contributed by atoms with Gasteiger partial charge in [0.15, 0.2) is 6.04 Å². The molecule has 2 rings (SSSR count). The summed E-state index contributed by atoms with van der Waals surface area (Å²) >= 11 is 6.11. The molecule has 1 aromatic carbocycles. The van der Waals surface area contributed by atoms with Crippen molar-refractivity contribution >= 4 is 23.3 Å². The molecule has 0 fully saturated rings. The van der Waals surface area contributed by atoms with E-state index in [-0.39, 0.29) is 5.97 Å². The molecule has 0 spiro atoms. The number of nitrogens with one attached hydrogen (secondary N) is 1. The number of ether oxygens (including phenoxy) is 1. The molecule has 0 saturated carbocycles. The molecule has 1 aromatic heterocycles. The molecule has 20 heavy (non-hydrogen) atoms. The smallest absolute Gasteiger partial charge is 0.334 e. The van der Waals surface area contributed by atoms with E-state index in [0.717, 1.165) is 5.69 Å². The van der Waals surface area contributed by atoms with Crippen molar-refractivity contribution in [1.82, 2.24) is 9.55 Å². The zero-order chi connectivity index (χ0) is 14.5. The Kier molecular flexibility index (Phi) is 4.63. The number of aryl methyl sites for hydroxylation is 1.